The molecule has 1 aliphatic rings. The smallest absolute Gasteiger partial charge is 0.331 e. The normalized spacial score (nSPS) is 14.3. The average molecular weight is 454 g/mol. The second kappa shape index (κ2) is 8.26. The first-order chi connectivity index (χ1) is 16.4. The van der Waals surface area contributed by atoms with Crippen molar-refractivity contribution in [2.45, 2.75) is 27.3 Å². The maximum absolute atomic E-state index is 13.3. The highest BCUT2D eigenvalue weighted by molar-refractivity contribution is 6.48. The fourth-order valence-corrected chi connectivity index (χ4v) is 4.50. The molecular formula is C27H22N2O5. The molecule has 2 heterocycles. The number of aryl methyl sites for hydroxylation is 2. The Morgan fingerprint density at radius 1 is 1.09 bits per heavy atom. The van der Waals surface area contributed by atoms with Crippen molar-refractivity contribution in [3.05, 3.63) is 76.9 Å². The summed E-state index contributed by atoms with van der Waals surface area (Å²) in [6, 6.07) is 16.7. The van der Waals surface area contributed by atoms with Crippen LogP contribution in [0.15, 0.2) is 59.8 Å². The molecule has 0 unspecified atom stereocenters. The number of hydrogen-bond acceptors (Lipinski definition) is 6. The van der Waals surface area contributed by atoms with E-state index >= 15 is 0 Å². The van der Waals surface area contributed by atoms with Crippen LogP contribution in [0.5, 0.6) is 5.75 Å². The van der Waals surface area contributed by atoms with Crippen LogP contribution in [0.1, 0.15) is 45.7 Å². The number of Topliss-reactive ketones (excluding diaryl/α,β-unsaturated/α-hetero) is 1. The number of benzene rings is 3. The third kappa shape index (κ3) is 3.37. The van der Waals surface area contributed by atoms with E-state index in [1.807, 2.05) is 62.4 Å². The summed E-state index contributed by atoms with van der Waals surface area (Å²) in [5.41, 5.74) is 4.35. The molecule has 3 aromatic carbocycles. The lowest BCUT2D eigenvalue weighted by Gasteiger charge is -2.18. The van der Waals surface area contributed by atoms with Crippen LogP contribution in [0.4, 0.5) is 0 Å². The second-order valence-electron chi connectivity index (χ2n) is 8.20. The molecule has 0 spiro atoms. The van der Waals surface area contributed by atoms with Gasteiger partial charge in [0.25, 0.3) is 0 Å². The number of rotatable bonds is 4. The third-order valence-corrected chi connectivity index (χ3v) is 6.10. The van der Waals surface area contributed by atoms with E-state index in [1.54, 1.807) is 6.07 Å². The lowest BCUT2D eigenvalue weighted by Crippen LogP contribution is -2.28. The van der Waals surface area contributed by atoms with E-state index in [1.165, 1.54) is 6.92 Å². The Kier molecular flexibility index (Phi) is 5.24. The van der Waals surface area contributed by atoms with Crippen molar-refractivity contribution >= 4 is 45.1 Å². The summed E-state index contributed by atoms with van der Waals surface area (Å²) in [6.45, 7) is 5.76. The zero-order chi connectivity index (χ0) is 24.0. The Bertz CT molecular complexity index is 1540. The summed E-state index contributed by atoms with van der Waals surface area (Å²) in [6.07, 6.45) is 0. The largest absolute Gasteiger partial charge is 0.485 e. The third-order valence-electron chi connectivity index (χ3n) is 6.10. The fraction of sp³-hybridized carbons (Fsp3) is 0.185. The maximum Gasteiger partial charge on any atom is 0.331 e. The molecule has 0 N–H and O–H groups in total. The highest BCUT2D eigenvalue weighted by Crippen LogP contribution is 2.40. The Labute approximate surface area is 195 Å². The molecule has 0 aliphatic carbocycles. The minimum Gasteiger partial charge on any atom is -0.485 e. The van der Waals surface area contributed by atoms with Crippen LogP contribution in [0.2, 0.25) is 0 Å². The molecule has 34 heavy (non-hydrogen) atoms. The van der Waals surface area contributed by atoms with Crippen LogP contribution < -0.4 is 4.74 Å². The topological polar surface area (TPSA) is 87.0 Å². The van der Waals surface area contributed by atoms with E-state index in [4.69, 9.17) is 4.74 Å². The summed E-state index contributed by atoms with van der Waals surface area (Å²) >= 11 is 0. The monoisotopic (exact) mass is 454 g/mol. The zero-order valence-corrected chi connectivity index (χ0v) is 19.0. The predicted molar refractivity (Wildman–Crippen MR) is 129 cm³/mol. The lowest BCUT2D eigenvalue weighted by molar-refractivity contribution is -0.140. The molecule has 0 bridgehead atoms. The molecule has 0 fully saturated rings. The SMILES string of the molecule is CCn1c2ccc(C(=O)c3ccccc3C)cc2c2c3c(ccc21)C(=O)/C(=N/OC(C)=O)CO3. The first-order valence-electron chi connectivity index (χ1n) is 11.0. The molecular weight excluding hydrogens is 432 g/mol. The van der Waals surface area contributed by atoms with Crippen molar-refractivity contribution in [1.82, 2.24) is 4.57 Å². The molecule has 0 saturated heterocycles. The van der Waals surface area contributed by atoms with Crippen LogP contribution in [0.3, 0.4) is 0 Å². The van der Waals surface area contributed by atoms with Gasteiger partial charge in [-0.25, -0.2) is 4.79 Å². The summed E-state index contributed by atoms with van der Waals surface area (Å²) < 4.78 is 8.11. The van der Waals surface area contributed by atoms with Crippen molar-refractivity contribution < 1.29 is 24.0 Å². The highest BCUT2D eigenvalue weighted by Gasteiger charge is 2.29. The summed E-state index contributed by atoms with van der Waals surface area (Å²) in [4.78, 5) is 42.0. The van der Waals surface area contributed by atoms with Crippen LogP contribution in [0.25, 0.3) is 21.8 Å². The van der Waals surface area contributed by atoms with E-state index in [0.29, 0.717) is 29.0 Å². The van der Waals surface area contributed by atoms with Gasteiger partial charge in [-0.15, -0.1) is 0 Å². The van der Waals surface area contributed by atoms with E-state index in [2.05, 4.69) is 14.6 Å². The quantitative estimate of drug-likeness (QED) is 0.250. The van der Waals surface area contributed by atoms with Crippen molar-refractivity contribution in [2.24, 2.45) is 5.16 Å². The molecule has 1 aliphatic heterocycles. The Morgan fingerprint density at radius 3 is 2.59 bits per heavy atom. The predicted octanol–water partition coefficient (Wildman–Crippen LogP) is 4.85. The second-order valence-corrected chi connectivity index (χ2v) is 8.20. The molecule has 0 atom stereocenters. The molecule has 0 saturated carbocycles. The van der Waals surface area contributed by atoms with E-state index < -0.39 is 5.97 Å². The van der Waals surface area contributed by atoms with Crippen LogP contribution >= 0.6 is 0 Å². The number of carbonyl (C=O) groups excluding carboxylic acids is 3. The van der Waals surface area contributed by atoms with Gasteiger partial charge in [0.2, 0.25) is 5.78 Å². The number of ether oxygens (including phenoxy) is 1. The van der Waals surface area contributed by atoms with Gasteiger partial charge in [0.05, 0.1) is 16.5 Å². The van der Waals surface area contributed by atoms with Crippen LogP contribution in [-0.4, -0.2) is 34.4 Å². The number of nitrogens with zero attached hydrogens (tertiary/aromatic N) is 2. The molecule has 170 valence electrons. The minimum atomic E-state index is -0.613. The Balaban J connectivity index is 1.71. The van der Waals surface area contributed by atoms with Gasteiger partial charge in [-0.3, -0.25) is 9.59 Å². The number of ketones is 2. The number of oxime groups is 1. The molecule has 0 amide bonds. The van der Waals surface area contributed by atoms with Gasteiger partial charge in [0.15, 0.2) is 11.5 Å². The maximum atomic E-state index is 13.3. The number of fused-ring (bicyclic) bond motifs is 5. The van der Waals surface area contributed by atoms with Gasteiger partial charge in [-0.2, -0.15) is 0 Å². The Morgan fingerprint density at radius 2 is 1.85 bits per heavy atom. The van der Waals surface area contributed by atoms with Crippen LogP contribution in [0, 0.1) is 6.92 Å². The highest BCUT2D eigenvalue weighted by atomic mass is 16.7. The first kappa shape index (κ1) is 21.6. The minimum absolute atomic E-state index is 0.0247. The molecule has 5 rings (SSSR count). The van der Waals surface area contributed by atoms with Gasteiger partial charge in [-0.05, 0) is 49.7 Å². The van der Waals surface area contributed by atoms with Crippen molar-refractivity contribution in [3.8, 4) is 5.75 Å². The first-order valence-corrected chi connectivity index (χ1v) is 11.0. The number of carbonyl (C=O) groups is 3. The summed E-state index contributed by atoms with van der Waals surface area (Å²) in [7, 11) is 0. The van der Waals surface area contributed by atoms with E-state index in [-0.39, 0.29) is 23.9 Å². The molecule has 1 aromatic heterocycles. The number of aromatic nitrogens is 1. The average Bonchev–Trinajstić information content (AvgIpc) is 3.16. The molecule has 0 radical (unpaired) electrons. The van der Waals surface area contributed by atoms with Gasteiger partial charge in [-0.1, -0.05) is 29.4 Å². The van der Waals surface area contributed by atoms with Crippen molar-refractivity contribution in [3.63, 3.8) is 0 Å². The van der Waals surface area contributed by atoms with Gasteiger partial charge >= 0.3 is 5.97 Å². The fourth-order valence-electron chi connectivity index (χ4n) is 4.50. The van der Waals surface area contributed by atoms with E-state index in [9.17, 15) is 14.4 Å². The standard InChI is InChI=1S/C27H22N2O5/c1-4-29-22-11-9-17(25(31)18-8-6-5-7-15(18)2)13-20(22)24-23(29)12-10-19-26(32)21(14-33-27(19)24)28-34-16(3)30/h5-13H,4,14H2,1-3H3/b28-21+. The summed E-state index contributed by atoms with van der Waals surface area (Å²) in [5, 5.41) is 5.25. The molecule has 7 heteroatoms. The lowest BCUT2D eigenvalue weighted by atomic mass is 9.96. The van der Waals surface area contributed by atoms with Gasteiger partial charge in [0, 0.05) is 35.5 Å². The van der Waals surface area contributed by atoms with Gasteiger partial charge < -0.3 is 14.1 Å². The molecule has 4 aromatic rings. The Hall–Kier alpha value is -4.26. The van der Waals surface area contributed by atoms with Gasteiger partial charge in [0.1, 0.15) is 12.4 Å². The van der Waals surface area contributed by atoms with E-state index in [0.717, 1.165) is 27.4 Å². The van der Waals surface area contributed by atoms with Crippen LogP contribution in [-0.2, 0) is 16.2 Å². The van der Waals surface area contributed by atoms with Crippen molar-refractivity contribution in [1.29, 1.82) is 0 Å². The summed E-state index contributed by atoms with van der Waals surface area (Å²) in [5.74, 6) is -0.579. The zero-order valence-electron chi connectivity index (χ0n) is 19.0. The van der Waals surface area contributed by atoms with Crippen molar-refractivity contribution in [2.75, 3.05) is 6.61 Å². The number of hydrogen-bond donors (Lipinski definition) is 0. The molecule has 7 nitrogen and oxygen atoms in total.